The molecule has 4 aromatic rings. The first-order valence-corrected chi connectivity index (χ1v) is 10.3. The van der Waals surface area contributed by atoms with E-state index in [9.17, 15) is 9.59 Å². The smallest absolute Gasteiger partial charge is 0.260 e. The number of para-hydroxylation sites is 2. The van der Waals surface area contributed by atoms with E-state index in [0.717, 1.165) is 14.9 Å². The minimum Gasteiger partial charge on any atom is -0.496 e. The number of fused-ring (bicyclic) bond motifs is 2. The van der Waals surface area contributed by atoms with Crippen LogP contribution in [-0.2, 0) is 11.3 Å². The molecule has 6 nitrogen and oxygen atoms in total. The van der Waals surface area contributed by atoms with E-state index in [1.165, 1.54) is 0 Å². The Labute approximate surface area is 186 Å². The molecule has 1 aromatic heterocycles. The number of pyridine rings is 1. The van der Waals surface area contributed by atoms with Crippen LogP contribution in [0.1, 0.15) is 5.56 Å². The Morgan fingerprint density at radius 1 is 1.07 bits per heavy atom. The quantitative estimate of drug-likeness (QED) is 0.191. The van der Waals surface area contributed by atoms with Crippen LogP contribution in [0.3, 0.4) is 0 Å². The van der Waals surface area contributed by atoms with Gasteiger partial charge in [-0.25, -0.2) is 5.43 Å². The zero-order valence-corrected chi connectivity index (χ0v) is 18.3. The second-order valence-corrected chi connectivity index (χ2v) is 7.80. The first kappa shape index (κ1) is 20.1. The molecule has 0 fully saturated rings. The van der Waals surface area contributed by atoms with Gasteiger partial charge in [-0.05, 0) is 70.6 Å². The van der Waals surface area contributed by atoms with Gasteiger partial charge in [0, 0.05) is 10.8 Å². The zero-order valence-electron chi connectivity index (χ0n) is 16.1. The summed E-state index contributed by atoms with van der Waals surface area (Å²) in [6, 6.07) is 20.2. The molecule has 0 unspecified atom stereocenters. The van der Waals surface area contributed by atoms with Crippen molar-refractivity contribution in [3.8, 4) is 5.75 Å². The van der Waals surface area contributed by atoms with Crippen molar-refractivity contribution < 1.29 is 9.53 Å². The molecule has 0 aliphatic heterocycles. The zero-order chi connectivity index (χ0) is 21.1. The lowest BCUT2D eigenvalue weighted by Crippen LogP contribution is -2.25. The second-order valence-electron chi connectivity index (χ2n) is 6.64. The Morgan fingerprint density at radius 2 is 1.70 bits per heavy atom. The lowest BCUT2D eigenvalue weighted by Gasteiger charge is -2.14. The number of carbonyl (C=O) groups excluding carboxylic acids is 1. The predicted molar refractivity (Wildman–Crippen MR) is 127 cm³/mol. The maximum atomic E-state index is 12.8. The summed E-state index contributed by atoms with van der Waals surface area (Å²) >= 11 is 2.18. The molecule has 0 atom stereocenters. The summed E-state index contributed by atoms with van der Waals surface area (Å²) in [5, 5.41) is 5.24. The van der Waals surface area contributed by atoms with Gasteiger partial charge in [-0.15, -0.1) is 0 Å². The normalized spacial score (nSPS) is 11.3. The van der Waals surface area contributed by atoms with Crippen molar-refractivity contribution in [2.75, 3.05) is 7.11 Å². The molecule has 0 aliphatic carbocycles. The van der Waals surface area contributed by atoms with Gasteiger partial charge in [-0.1, -0.05) is 24.3 Å². The van der Waals surface area contributed by atoms with Gasteiger partial charge in [-0.3, -0.25) is 9.59 Å². The number of benzene rings is 3. The van der Waals surface area contributed by atoms with E-state index in [4.69, 9.17) is 4.74 Å². The number of halogens is 1. The molecule has 0 bridgehead atoms. The van der Waals surface area contributed by atoms with Crippen molar-refractivity contribution in [3.05, 3.63) is 86.1 Å². The highest BCUT2D eigenvalue weighted by Crippen LogP contribution is 2.21. The molecule has 4 rings (SSSR count). The Kier molecular flexibility index (Phi) is 5.80. The van der Waals surface area contributed by atoms with Crippen LogP contribution in [0.2, 0.25) is 0 Å². The highest BCUT2D eigenvalue weighted by molar-refractivity contribution is 14.1. The standard InChI is InChI=1S/C23H18IN3O3/c1-30-21-11-10-15(12-18(21)24)13-25-26-22(28)14-27-19-8-4-2-6-16(19)23(29)17-7-3-5-9-20(17)27/h2-13H,14H2,1H3,(H,26,28). The third-order valence-corrected chi connectivity index (χ3v) is 5.60. The van der Waals surface area contributed by atoms with Crippen molar-refractivity contribution >= 4 is 56.5 Å². The van der Waals surface area contributed by atoms with Crippen LogP contribution in [0, 0.1) is 3.57 Å². The van der Waals surface area contributed by atoms with E-state index in [1.807, 2.05) is 59.2 Å². The molecule has 30 heavy (non-hydrogen) atoms. The number of nitrogens with one attached hydrogen (secondary N) is 1. The molecular formula is C23H18IN3O3. The summed E-state index contributed by atoms with van der Waals surface area (Å²) in [4.78, 5) is 25.4. The van der Waals surface area contributed by atoms with E-state index in [1.54, 1.807) is 25.5 Å². The van der Waals surface area contributed by atoms with Gasteiger partial charge in [-0.2, -0.15) is 5.10 Å². The minimum absolute atomic E-state index is 0.0370. The van der Waals surface area contributed by atoms with Crippen LogP contribution in [-0.4, -0.2) is 23.8 Å². The van der Waals surface area contributed by atoms with E-state index in [2.05, 4.69) is 33.1 Å². The van der Waals surface area contributed by atoms with Crippen LogP contribution in [0.15, 0.2) is 76.6 Å². The van der Waals surface area contributed by atoms with Gasteiger partial charge < -0.3 is 9.30 Å². The molecule has 0 radical (unpaired) electrons. The molecule has 1 heterocycles. The SMILES string of the molecule is COc1ccc(C=NNC(=O)Cn2c3ccccc3c(=O)c3ccccc32)cc1I. The summed E-state index contributed by atoms with van der Waals surface area (Å²) in [6.07, 6.45) is 1.58. The number of hydrogen-bond acceptors (Lipinski definition) is 4. The average molecular weight is 511 g/mol. The average Bonchev–Trinajstić information content (AvgIpc) is 2.77. The summed E-state index contributed by atoms with van der Waals surface area (Å²) in [7, 11) is 1.62. The first-order chi connectivity index (χ1) is 14.6. The van der Waals surface area contributed by atoms with Crippen LogP contribution in [0.25, 0.3) is 21.8 Å². The van der Waals surface area contributed by atoms with Crippen LogP contribution in [0.4, 0.5) is 0 Å². The number of hydrazone groups is 1. The summed E-state index contributed by atoms with van der Waals surface area (Å²) in [5.41, 5.74) is 4.81. The number of hydrogen-bond donors (Lipinski definition) is 1. The largest absolute Gasteiger partial charge is 0.496 e. The van der Waals surface area contributed by atoms with Gasteiger partial charge in [0.1, 0.15) is 12.3 Å². The van der Waals surface area contributed by atoms with Crippen molar-refractivity contribution in [1.29, 1.82) is 0 Å². The van der Waals surface area contributed by atoms with Crippen molar-refractivity contribution in [3.63, 3.8) is 0 Å². The molecule has 0 spiro atoms. The third-order valence-electron chi connectivity index (χ3n) is 4.76. The Bertz CT molecular complexity index is 1280. The number of aromatic nitrogens is 1. The summed E-state index contributed by atoms with van der Waals surface area (Å²) < 4.78 is 8.04. The topological polar surface area (TPSA) is 72.7 Å². The van der Waals surface area contributed by atoms with Gasteiger partial charge in [0.15, 0.2) is 5.43 Å². The Balaban J connectivity index is 1.61. The maximum absolute atomic E-state index is 12.8. The van der Waals surface area contributed by atoms with Gasteiger partial charge >= 0.3 is 0 Å². The highest BCUT2D eigenvalue weighted by atomic mass is 127. The second kappa shape index (κ2) is 8.66. The maximum Gasteiger partial charge on any atom is 0.260 e. The number of amides is 1. The monoisotopic (exact) mass is 511 g/mol. The highest BCUT2D eigenvalue weighted by Gasteiger charge is 2.12. The molecular weight excluding hydrogens is 493 g/mol. The van der Waals surface area contributed by atoms with Crippen molar-refractivity contribution in [2.24, 2.45) is 5.10 Å². The number of carbonyl (C=O) groups is 1. The number of nitrogens with zero attached hydrogens (tertiary/aromatic N) is 2. The summed E-state index contributed by atoms with van der Waals surface area (Å²) in [5.74, 6) is 0.502. The molecule has 1 N–H and O–H groups in total. The van der Waals surface area contributed by atoms with Crippen molar-refractivity contribution in [2.45, 2.75) is 6.54 Å². The number of rotatable bonds is 5. The van der Waals surface area contributed by atoms with Gasteiger partial charge in [0.25, 0.3) is 5.91 Å². The molecule has 150 valence electrons. The fourth-order valence-electron chi connectivity index (χ4n) is 3.37. The van der Waals surface area contributed by atoms with Crippen LogP contribution in [0.5, 0.6) is 5.75 Å². The number of methoxy groups -OCH3 is 1. The fraction of sp³-hybridized carbons (Fsp3) is 0.0870. The Hall–Kier alpha value is -3.20. The van der Waals surface area contributed by atoms with Crippen LogP contribution < -0.4 is 15.6 Å². The lowest BCUT2D eigenvalue weighted by molar-refractivity contribution is -0.121. The van der Waals surface area contributed by atoms with Gasteiger partial charge in [0.05, 0.1) is 27.9 Å². The van der Waals surface area contributed by atoms with Gasteiger partial charge in [0.2, 0.25) is 0 Å². The molecule has 7 heteroatoms. The summed E-state index contributed by atoms with van der Waals surface area (Å²) in [6.45, 7) is 0.0405. The van der Waals surface area contributed by atoms with E-state index >= 15 is 0 Å². The van der Waals surface area contributed by atoms with E-state index in [-0.39, 0.29) is 17.9 Å². The van der Waals surface area contributed by atoms with Crippen LogP contribution >= 0.6 is 22.6 Å². The van der Waals surface area contributed by atoms with E-state index < -0.39 is 0 Å². The van der Waals surface area contributed by atoms with E-state index in [0.29, 0.717) is 21.8 Å². The lowest BCUT2D eigenvalue weighted by atomic mass is 10.1. The molecule has 1 amide bonds. The molecule has 0 saturated heterocycles. The first-order valence-electron chi connectivity index (χ1n) is 9.24. The predicted octanol–water partition coefficient (Wildman–Crippen LogP) is 3.92. The molecule has 0 saturated carbocycles. The Morgan fingerprint density at radius 3 is 2.30 bits per heavy atom. The minimum atomic E-state index is -0.284. The number of ether oxygens (including phenoxy) is 1. The fourth-order valence-corrected chi connectivity index (χ4v) is 4.13. The molecule has 3 aromatic carbocycles. The third kappa shape index (κ3) is 3.93. The van der Waals surface area contributed by atoms with Crippen molar-refractivity contribution in [1.82, 2.24) is 9.99 Å². The molecule has 0 aliphatic rings.